The minimum Gasteiger partial charge on any atom is -0.410 e. The molecule has 0 radical (unpaired) electrons. The molecular formula is C34H46F3NO3Si. The average Bonchev–Trinajstić information content (AvgIpc) is 3.55. The normalized spacial score (nSPS) is 26.2. The number of ether oxygens (including phenoxy) is 2. The topological polar surface area (TPSA) is 40.6 Å². The Morgan fingerprint density at radius 1 is 0.929 bits per heavy atom. The van der Waals surface area contributed by atoms with Crippen LogP contribution in [0.2, 0.25) is 18.1 Å². The summed E-state index contributed by atoms with van der Waals surface area (Å²) in [4.78, 5) is 5.51. The van der Waals surface area contributed by atoms with Gasteiger partial charge in [-0.15, -0.1) is 0 Å². The molecule has 0 bridgehead atoms. The SMILES string of the molecule is CC1(C)Cc2nc(C3(C)CC3)c3c(c2C(O[Si](C)(C)C(C)(C)C)C1)C1(CCOCC1)OC3c1ccc(C(F)(F)F)cc1. The van der Waals surface area contributed by atoms with E-state index in [0.29, 0.717) is 26.1 Å². The van der Waals surface area contributed by atoms with Gasteiger partial charge in [-0.05, 0) is 72.5 Å². The van der Waals surface area contributed by atoms with Crippen molar-refractivity contribution < 1.29 is 27.1 Å². The zero-order valence-electron chi connectivity index (χ0n) is 26.4. The van der Waals surface area contributed by atoms with Crippen molar-refractivity contribution in [3.63, 3.8) is 0 Å². The first-order valence-electron chi connectivity index (χ1n) is 15.5. The summed E-state index contributed by atoms with van der Waals surface area (Å²) in [7, 11) is -2.16. The maximum atomic E-state index is 13.5. The quantitative estimate of drug-likeness (QED) is 0.328. The summed E-state index contributed by atoms with van der Waals surface area (Å²) < 4.78 is 60.8. The maximum absolute atomic E-state index is 13.5. The van der Waals surface area contributed by atoms with Crippen LogP contribution in [0.15, 0.2) is 24.3 Å². The van der Waals surface area contributed by atoms with Crippen LogP contribution < -0.4 is 0 Å². The number of hydrogen-bond donors (Lipinski definition) is 0. The first-order valence-corrected chi connectivity index (χ1v) is 18.4. The van der Waals surface area contributed by atoms with E-state index < -0.39 is 31.8 Å². The Bertz CT molecular complexity index is 1370. The molecule has 2 unspecified atom stereocenters. The second kappa shape index (κ2) is 9.63. The molecule has 0 amide bonds. The van der Waals surface area contributed by atoms with Crippen molar-refractivity contribution in [2.24, 2.45) is 5.41 Å². The van der Waals surface area contributed by atoms with Gasteiger partial charge in [-0.3, -0.25) is 4.98 Å². The molecule has 2 aromatic rings. The number of aromatic nitrogens is 1. The Hall–Kier alpha value is -1.74. The predicted molar refractivity (Wildman–Crippen MR) is 160 cm³/mol. The van der Waals surface area contributed by atoms with Crippen molar-refractivity contribution in [2.75, 3.05) is 13.2 Å². The molecule has 2 aliphatic carbocycles. The fraction of sp³-hybridized carbons (Fsp3) is 0.676. The lowest BCUT2D eigenvalue weighted by molar-refractivity contribution is -0.137. The molecule has 1 saturated carbocycles. The molecule has 4 nitrogen and oxygen atoms in total. The maximum Gasteiger partial charge on any atom is 0.416 e. The van der Waals surface area contributed by atoms with Crippen LogP contribution in [-0.4, -0.2) is 26.5 Å². The van der Waals surface area contributed by atoms with E-state index in [1.54, 1.807) is 12.1 Å². The Balaban J connectivity index is 1.60. The molecule has 230 valence electrons. The summed E-state index contributed by atoms with van der Waals surface area (Å²) in [5.41, 5.74) is 5.18. The third kappa shape index (κ3) is 5.08. The highest BCUT2D eigenvalue weighted by Gasteiger charge is 2.56. The molecule has 0 N–H and O–H groups in total. The Kier molecular flexibility index (Phi) is 6.94. The summed E-state index contributed by atoms with van der Waals surface area (Å²) in [6, 6.07) is 5.56. The van der Waals surface area contributed by atoms with Crippen molar-refractivity contribution in [3.8, 4) is 0 Å². The number of benzene rings is 1. The molecule has 2 fully saturated rings. The van der Waals surface area contributed by atoms with Gasteiger partial charge in [-0.25, -0.2) is 0 Å². The van der Waals surface area contributed by atoms with E-state index in [1.807, 2.05) is 0 Å². The minimum atomic E-state index is -4.39. The Morgan fingerprint density at radius 2 is 1.55 bits per heavy atom. The van der Waals surface area contributed by atoms with Crippen LogP contribution in [0.25, 0.3) is 0 Å². The van der Waals surface area contributed by atoms with Crippen molar-refractivity contribution in [3.05, 3.63) is 63.5 Å². The summed E-state index contributed by atoms with van der Waals surface area (Å²) in [5, 5.41) is 0.0441. The van der Waals surface area contributed by atoms with Gasteiger partial charge in [0.2, 0.25) is 0 Å². The van der Waals surface area contributed by atoms with Gasteiger partial charge in [-0.2, -0.15) is 13.2 Å². The minimum absolute atomic E-state index is 0.0259. The van der Waals surface area contributed by atoms with Gasteiger partial charge in [-0.1, -0.05) is 53.7 Å². The molecule has 8 heteroatoms. The first kappa shape index (κ1) is 30.3. The highest BCUT2D eigenvalue weighted by atomic mass is 28.4. The van der Waals surface area contributed by atoms with E-state index >= 15 is 0 Å². The molecule has 4 aliphatic rings. The van der Waals surface area contributed by atoms with Crippen molar-refractivity contribution in [2.45, 2.75) is 128 Å². The van der Waals surface area contributed by atoms with Gasteiger partial charge in [0.15, 0.2) is 8.32 Å². The van der Waals surface area contributed by atoms with Gasteiger partial charge in [0.1, 0.15) is 6.10 Å². The van der Waals surface area contributed by atoms with Gasteiger partial charge >= 0.3 is 6.18 Å². The molecule has 1 spiro atoms. The number of nitrogens with zero attached hydrogens (tertiary/aromatic N) is 1. The van der Waals surface area contributed by atoms with Gasteiger partial charge < -0.3 is 13.9 Å². The first-order chi connectivity index (χ1) is 19.4. The summed E-state index contributed by atoms with van der Waals surface area (Å²) >= 11 is 0. The van der Waals surface area contributed by atoms with Crippen molar-refractivity contribution in [1.29, 1.82) is 0 Å². The summed E-state index contributed by atoms with van der Waals surface area (Å²) in [6.45, 7) is 19.5. The van der Waals surface area contributed by atoms with Crippen molar-refractivity contribution in [1.82, 2.24) is 4.98 Å². The van der Waals surface area contributed by atoms with Gasteiger partial charge in [0.05, 0.1) is 23.0 Å². The third-order valence-corrected chi connectivity index (χ3v) is 15.3. The highest BCUT2D eigenvalue weighted by Crippen LogP contribution is 2.61. The molecule has 3 heterocycles. The lowest BCUT2D eigenvalue weighted by Crippen LogP contribution is -2.45. The highest BCUT2D eigenvalue weighted by molar-refractivity contribution is 6.74. The molecule has 1 aromatic carbocycles. The van der Waals surface area contributed by atoms with E-state index in [4.69, 9.17) is 18.9 Å². The molecule has 2 aliphatic heterocycles. The molecule has 1 saturated heterocycles. The van der Waals surface area contributed by atoms with E-state index in [-0.39, 0.29) is 22.0 Å². The molecule has 1 aromatic heterocycles. The zero-order chi connectivity index (χ0) is 30.5. The lowest BCUT2D eigenvalue weighted by atomic mass is 9.69. The van der Waals surface area contributed by atoms with Crippen LogP contribution in [0.1, 0.15) is 125 Å². The third-order valence-electron chi connectivity index (χ3n) is 10.8. The van der Waals surface area contributed by atoms with Crippen LogP contribution >= 0.6 is 0 Å². The van der Waals surface area contributed by atoms with Crippen LogP contribution in [0.3, 0.4) is 0 Å². The standard InChI is InChI=1S/C34H46F3NO3Si/c1-30(2,3)42(7,8)41-24-20-31(4,5)19-23-25(24)27-26(29(38-23)32(6)13-14-32)28(40-33(27)15-17-39-18-16-33)21-9-11-22(12-10-21)34(35,36)37/h9-12,24,28H,13-20H2,1-8H3. The monoisotopic (exact) mass is 601 g/mol. The fourth-order valence-corrected chi connectivity index (χ4v) is 8.30. The molecule has 6 rings (SSSR count). The number of pyridine rings is 1. The van der Waals surface area contributed by atoms with Crippen LogP contribution in [0, 0.1) is 5.41 Å². The largest absolute Gasteiger partial charge is 0.416 e. The lowest BCUT2D eigenvalue weighted by Gasteiger charge is -2.46. The summed E-state index contributed by atoms with van der Waals surface area (Å²) in [6.07, 6.45) is 0.310. The second-order valence-corrected chi connectivity index (χ2v) is 20.6. The van der Waals surface area contributed by atoms with Crippen LogP contribution in [-0.2, 0) is 37.5 Å². The fourth-order valence-electron chi connectivity index (χ4n) is 7.03. The number of hydrogen-bond acceptors (Lipinski definition) is 4. The van der Waals surface area contributed by atoms with Gasteiger partial charge in [0, 0.05) is 48.3 Å². The van der Waals surface area contributed by atoms with E-state index in [1.165, 1.54) is 23.3 Å². The number of fused-ring (bicyclic) bond motifs is 4. The average molecular weight is 602 g/mol. The second-order valence-electron chi connectivity index (χ2n) is 15.8. The van der Waals surface area contributed by atoms with E-state index in [0.717, 1.165) is 48.2 Å². The summed E-state index contributed by atoms with van der Waals surface area (Å²) in [5.74, 6) is 0. The van der Waals surface area contributed by atoms with Gasteiger partial charge in [0.25, 0.3) is 0 Å². The molecular weight excluding hydrogens is 555 g/mol. The molecule has 2 atom stereocenters. The smallest absolute Gasteiger partial charge is 0.410 e. The number of halogens is 3. The van der Waals surface area contributed by atoms with E-state index in [9.17, 15) is 13.2 Å². The number of rotatable bonds is 4. The van der Waals surface area contributed by atoms with E-state index in [2.05, 4.69) is 54.6 Å². The Morgan fingerprint density at radius 3 is 2.10 bits per heavy atom. The Labute approximate surface area is 249 Å². The van der Waals surface area contributed by atoms with Crippen molar-refractivity contribution >= 4 is 8.32 Å². The predicted octanol–water partition coefficient (Wildman–Crippen LogP) is 9.31. The molecule has 42 heavy (non-hydrogen) atoms. The zero-order valence-corrected chi connectivity index (χ0v) is 27.4. The number of alkyl halides is 3. The van der Waals surface area contributed by atoms with Crippen LogP contribution in [0.4, 0.5) is 13.2 Å². The van der Waals surface area contributed by atoms with Crippen LogP contribution in [0.5, 0.6) is 0 Å².